The molecule has 0 atom stereocenters. The molecule has 0 aliphatic carbocycles. The molecule has 0 aliphatic rings. The van der Waals surface area contributed by atoms with Crippen LogP contribution >= 0.6 is 0 Å². The highest BCUT2D eigenvalue weighted by molar-refractivity contribution is 5.78. The van der Waals surface area contributed by atoms with E-state index in [2.05, 4.69) is 0 Å². The lowest BCUT2D eigenvalue weighted by Crippen LogP contribution is -2.40. The molecular weight excluding hydrogens is 192 g/mol. The molecule has 2 N–H and O–H groups in total. The zero-order chi connectivity index (χ0) is 11.4. The normalized spacial score (nSPS) is 10.7. The fourth-order valence-corrected chi connectivity index (χ4v) is 1.41. The first-order valence-electron chi connectivity index (χ1n) is 5.09. The van der Waals surface area contributed by atoms with Crippen LogP contribution in [-0.4, -0.2) is 23.4 Å². The van der Waals surface area contributed by atoms with Gasteiger partial charge in [0, 0.05) is 6.04 Å². The van der Waals surface area contributed by atoms with E-state index < -0.39 is 0 Å². The van der Waals surface area contributed by atoms with Crippen LogP contribution < -0.4 is 5.73 Å². The number of rotatable bonds is 4. The van der Waals surface area contributed by atoms with Crippen LogP contribution in [0.25, 0.3) is 0 Å². The molecule has 84 valence electrons. The van der Waals surface area contributed by atoms with Gasteiger partial charge in [0.1, 0.15) is 11.5 Å². The second kappa shape index (κ2) is 4.98. The zero-order valence-corrected chi connectivity index (χ0v) is 9.49. The van der Waals surface area contributed by atoms with E-state index in [1.54, 1.807) is 4.90 Å². The van der Waals surface area contributed by atoms with Crippen LogP contribution in [-0.2, 0) is 11.3 Å². The van der Waals surface area contributed by atoms with E-state index in [0.717, 1.165) is 11.5 Å². The maximum Gasteiger partial charge on any atom is 0.236 e. The Morgan fingerprint density at radius 3 is 2.60 bits per heavy atom. The summed E-state index contributed by atoms with van der Waals surface area (Å²) in [6.45, 7) is 6.33. The summed E-state index contributed by atoms with van der Waals surface area (Å²) in [5, 5.41) is 0. The predicted octanol–water partition coefficient (Wildman–Crippen LogP) is 1.28. The molecular formula is C11H18N2O2. The predicted molar refractivity (Wildman–Crippen MR) is 58.2 cm³/mol. The van der Waals surface area contributed by atoms with Crippen LogP contribution in [0, 0.1) is 6.92 Å². The van der Waals surface area contributed by atoms with Crippen molar-refractivity contribution in [2.24, 2.45) is 5.73 Å². The maximum absolute atomic E-state index is 11.5. The van der Waals surface area contributed by atoms with Gasteiger partial charge in [0.05, 0.1) is 13.1 Å². The molecule has 0 fully saturated rings. The van der Waals surface area contributed by atoms with Gasteiger partial charge in [-0.1, -0.05) is 0 Å². The standard InChI is InChI=1S/C11H18N2O2/c1-8(2)13(11(14)6-12)7-10-5-4-9(3)15-10/h4-5,8H,6-7,12H2,1-3H3. The number of carbonyl (C=O) groups is 1. The lowest BCUT2D eigenvalue weighted by atomic mass is 10.3. The highest BCUT2D eigenvalue weighted by Gasteiger charge is 2.16. The Hall–Kier alpha value is -1.29. The van der Waals surface area contributed by atoms with E-state index >= 15 is 0 Å². The average Bonchev–Trinajstić information content (AvgIpc) is 2.59. The lowest BCUT2D eigenvalue weighted by Gasteiger charge is -2.25. The largest absolute Gasteiger partial charge is 0.464 e. The summed E-state index contributed by atoms with van der Waals surface area (Å²) in [5.74, 6) is 1.59. The second-order valence-corrected chi connectivity index (χ2v) is 3.83. The Bertz CT molecular complexity index is 331. The molecule has 0 aliphatic heterocycles. The van der Waals surface area contributed by atoms with Crippen molar-refractivity contribution in [2.45, 2.75) is 33.4 Å². The number of amides is 1. The Kier molecular flexibility index (Phi) is 3.91. The molecule has 1 heterocycles. The van der Waals surface area contributed by atoms with Gasteiger partial charge in [-0.3, -0.25) is 4.79 Å². The molecule has 0 aromatic carbocycles. The summed E-state index contributed by atoms with van der Waals surface area (Å²) in [6, 6.07) is 3.90. The number of hydrogen-bond donors (Lipinski definition) is 1. The van der Waals surface area contributed by atoms with Crippen LogP contribution in [0.2, 0.25) is 0 Å². The first kappa shape index (κ1) is 11.8. The minimum atomic E-state index is -0.0564. The third kappa shape index (κ3) is 3.09. The maximum atomic E-state index is 11.5. The summed E-state index contributed by atoms with van der Waals surface area (Å²) in [5.41, 5.74) is 5.35. The molecule has 0 bridgehead atoms. The average molecular weight is 210 g/mol. The molecule has 0 unspecified atom stereocenters. The minimum Gasteiger partial charge on any atom is -0.464 e. The Balaban J connectivity index is 2.71. The third-order valence-electron chi connectivity index (χ3n) is 2.24. The quantitative estimate of drug-likeness (QED) is 0.814. The highest BCUT2D eigenvalue weighted by Crippen LogP contribution is 2.11. The van der Waals surface area contributed by atoms with E-state index in [4.69, 9.17) is 10.2 Å². The van der Waals surface area contributed by atoms with Crippen LogP contribution in [0.15, 0.2) is 16.5 Å². The van der Waals surface area contributed by atoms with Gasteiger partial charge in [-0.2, -0.15) is 0 Å². The zero-order valence-electron chi connectivity index (χ0n) is 9.49. The topological polar surface area (TPSA) is 59.5 Å². The van der Waals surface area contributed by atoms with Crippen LogP contribution in [0.4, 0.5) is 0 Å². The van der Waals surface area contributed by atoms with Crippen molar-refractivity contribution >= 4 is 5.91 Å². The molecule has 1 aromatic rings. The Morgan fingerprint density at radius 1 is 1.53 bits per heavy atom. The Labute approximate surface area is 90.0 Å². The first-order chi connectivity index (χ1) is 7.04. The number of nitrogens with two attached hydrogens (primary N) is 1. The molecule has 1 rings (SSSR count). The fourth-order valence-electron chi connectivity index (χ4n) is 1.41. The van der Waals surface area contributed by atoms with Crippen molar-refractivity contribution in [3.8, 4) is 0 Å². The van der Waals surface area contributed by atoms with Gasteiger partial charge in [0.15, 0.2) is 0 Å². The third-order valence-corrected chi connectivity index (χ3v) is 2.24. The molecule has 1 aromatic heterocycles. The SMILES string of the molecule is Cc1ccc(CN(C(=O)CN)C(C)C)o1. The van der Waals surface area contributed by atoms with E-state index in [-0.39, 0.29) is 18.5 Å². The molecule has 4 nitrogen and oxygen atoms in total. The fraction of sp³-hybridized carbons (Fsp3) is 0.545. The van der Waals surface area contributed by atoms with E-state index in [1.165, 1.54) is 0 Å². The van der Waals surface area contributed by atoms with Gasteiger partial charge in [0.25, 0.3) is 0 Å². The molecule has 0 radical (unpaired) electrons. The second-order valence-electron chi connectivity index (χ2n) is 3.83. The lowest BCUT2D eigenvalue weighted by molar-refractivity contribution is -0.132. The van der Waals surface area contributed by atoms with Crippen LogP contribution in [0.1, 0.15) is 25.4 Å². The monoisotopic (exact) mass is 210 g/mol. The Morgan fingerprint density at radius 2 is 2.20 bits per heavy atom. The number of aryl methyl sites for hydroxylation is 1. The van der Waals surface area contributed by atoms with Gasteiger partial charge in [0.2, 0.25) is 5.91 Å². The smallest absolute Gasteiger partial charge is 0.236 e. The van der Waals surface area contributed by atoms with E-state index in [9.17, 15) is 4.79 Å². The number of furan rings is 1. The van der Waals surface area contributed by atoms with E-state index in [1.807, 2.05) is 32.9 Å². The molecule has 0 saturated carbocycles. The van der Waals surface area contributed by atoms with E-state index in [0.29, 0.717) is 6.54 Å². The van der Waals surface area contributed by atoms with Crippen LogP contribution in [0.3, 0.4) is 0 Å². The summed E-state index contributed by atoms with van der Waals surface area (Å²) >= 11 is 0. The van der Waals surface area contributed by atoms with Gasteiger partial charge in [-0.15, -0.1) is 0 Å². The number of nitrogens with zero attached hydrogens (tertiary/aromatic N) is 1. The van der Waals surface area contributed by atoms with Gasteiger partial charge >= 0.3 is 0 Å². The van der Waals surface area contributed by atoms with Crippen molar-refractivity contribution in [1.29, 1.82) is 0 Å². The van der Waals surface area contributed by atoms with Crippen molar-refractivity contribution in [2.75, 3.05) is 6.54 Å². The van der Waals surface area contributed by atoms with Crippen molar-refractivity contribution in [3.05, 3.63) is 23.7 Å². The molecule has 0 spiro atoms. The van der Waals surface area contributed by atoms with Gasteiger partial charge < -0.3 is 15.1 Å². The van der Waals surface area contributed by atoms with Gasteiger partial charge in [-0.25, -0.2) is 0 Å². The van der Waals surface area contributed by atoms with Crippen molar-refractivity contribution in [3.63, 3.8) is 0 Å². The van der Waals surface area contributed by atoms with Crippen molar-refractivity contribution in [1.82, 2.24) is 4.90 Å². The summed E-state index contributed by atoms with van der Waals surface area (Å²) < 4.78 is 5.42. The number of hydrogen-bond acceptors (Lipinski definition) is 3. The summed E-state index contributed by atoms with van der Waals surface area (Å²) in [7, 11) is 0. The molecule has 0 saturated heterocycles. The first-order valence-corrected chi connectivity index (χ1v) is 5.09. The van der Waals surface area contributed by atoms with Gasteiger partial charge in [-0.05, 0) is 32.9 Å². The van der Waals surface area contributed by atoms with Crippen molar-refractivity contribution < 1.29 is 9.21 Å². The number of carbonyl (C=O) groups excluding carboxylic acids is 1. The molecule has 4 heteroatoms. The summed E-state index contributed by atoms with van der Waals surface area (Å²) in [6.07, 6.45) is 0. The molecule has 15 heavy (non-hydrogen) atoms. The molecule has 1 amide bonds. The van der Waals surface area contributed by atoms with Crippen LogP contribution in [0.5, 0.6) is 0 Å². The summed E-state index contributed by atoms with van der Waals surface area (Å²) in [4.78, 5) is 13.2. The highest BCUT2D eigenvalue weighted by atomic mass is 16.3. The minimum absolute atomic E-state index is 0.0396.